The molecule has 0 aromatic heterocycles. The Hall–Kier alpha value is -0.180. The Morgan fingerprint density at radius 3 is 1.69 bits per heavy atom. The van der Waals surface area contributed by atoms with Crippen molar-refractivity contribution in [3.05, 3.63) is 0 Å². The molecule has 1 aliphatic carbocycles. The molecule has 0 spiro atoms. The van der Waals surface area contributed by atoms with E-state index in [1.54, 1.807) is 0 Å². The Balaban J connectivity index is 2.64. The van der Waals surface area contributed by atoms with Gasteiger partial charge in [-0.05, 0) is 17.3 Å². The lowest BCUT2D eigenvalue weighted by Gasteiger charge is -2.29. The van der Waals surface area contributed by atoms with Crippen LogP contribution < -0.4 is 0 Å². The van der Waals surface area contributed by atoms with Gasteiger partial charge in [-0.3, -0.25) is 0 Å². The summed E-state index contributed by atoms with van der Waals surface area (Å²) in [6.45, 7) is 12.3. The molecule has 0 N–H and O–H groups in total. The van der Waals surface area contributed by atoms with Gasteiger partial charge in [0.1, 0.15) is 5.60 Å². The number of halogens is 2. The highest BCUT2D eigenvalue weighted by Crippen LogP contribution is 2.60. The van der Waals surface area contributed by atoms with Crippen LogP contribution in [0.25, 0.3) is 0 Å². The van der Waals surface area contributed by atoms with Crippen LogP contribution in [0.15, 0.2) is 0 Å². The van der Waals surface area contributed by atoms with Crippen LogP contribution in [0.5, 0.6) is 0 Å². The Bertz CT molecular complexity index is 260. The van der Waals surface area contributed by atoms with Crippen molar-refractivity contribution >= 4 is 0 Å². The first kappa shape index (κ1) is 13.9. The van der Waals surface area contributed by atoms with Gasteiger partial charge in [0.2, 0.25) is 0 Å². The average molecular weight is 234 g/mol. The molecule has 96 valence electrons. The summed E-state index contributed by atoms with van der Waals surface area (Å²) >= 11 is 0. The lowest BCUT2D eigenvalue weighted by molar-refractivity contribution is -0.0926. The van der Waals surface area contributed by atoms with Gasteiger partial charge in [-0.15, -0.1) is 0 Å². The summed E-state index contributed by atoms with van der Waals surface area (Å²) in [6.07, 6.45) is 0.302. The smallest absolute Gasteiger partial charge is 0.279 e. The molecule has 3 heteroatoms. The summed E-state index contributed by atoms with van der Waals surface area (Å²) in [5.74, 6) is -2.63. The van der Waals surface area contributed by atoms with Gasteiger partial charge in [0.15, 0.2) is 0 Å². The SMILES string of the molecule is CC(C)(C)CO[C@]1(CC(C)(C)C)CC1(F)F. The van der Waals surface area contributed by atoms with Gasteiger partial charge in [0.05, 0.1) is 6.61 Å². The van der Waals surface area contributed by atoms with Crippen molar-refractivity contribution in [3.63, 3.8) is 0 Å². The molecule has 1 saturated carbocycles. The topological polar surface area (TPSA) is 9.23 Å². The minimum absolute atomic E-state index is 0.0659. The first-order chi connectivity index (χ1) is 6.87. The summed E-state index contributed by atoms with van der Waals surface area (Å²) in [4.78, 5) is 0. The van der Waals surface area contributed by atoms with Crippen LogP contribution in [-0.4, -0.2) is 18.1 Å². The Morgan fingerprint density at radius 2 is 1.44 bits per heavy atom. The third-order valence-electron chi connectivity index (χ3n) is 2.65. The van der Waals surface area contributed by atoms with Crippen LogP contribution in [-0.2, 0) is 4.74 Å². The zero-order valence-corrected chi connectivity index (χ0v) is 11.3. The predicted octanol–water partition coefficient (Wildman–Crippen LogP) is 4.26. The molecule has 1 atom stereocenters. The predicted molar refractivity (Wildman–Crippen MR) is 61.8 cm³/mol. The third-order valence-corrected chi connectivity index (χ3v) is 2.65. The Kier molecular flexibility index (Phi) is 3.17. The van der Waals surface area contributed by atoms with E-state index in [1.807, 2.05) is 41.5 Å². The average Bonchev–Trinajstić information content (AvgIpc) is 2.44. The zero-order valence-electron chi connectivity index (χ0n) is 11.3. The number of rotatable bonds is 3. The molecule has 0 heterocycles. The van der Waals surface area contributed by atoms with Crippen LogP contribution in [0.4, 0.5) is 8.78 Å². The molecule has 0 unspecified atom stereocenters. The van der Waals surface area contributed by atoms with E-state index in [1.165, 1.54) is 0 Å². The summed E-state index contributed by atoms with van der Waals surface area (Å²) in [5.41, 5.74) is -1.39. The summed E-state index contributed by atoms with van der Waals surface area (Å²) in [5, 5.41) is 0. The van der Waals surface area contributed by atoms with E-state index in [9.17, 15) is 8.78 Å². The lowest BCUT2D eigenvalue weighted by Crippen LogP contribution is -2.32. The molecule has 0 aliphatic heterocycles. The van der Waals surface area contributed by atoms with Crippen LogP contribution in [0.1, 0.15) is 54.4 Å². The molecule has 0 aromatic rings. The molecule has 0 aromatic carbocycles. The monoisotopic (exact) mass is 234 g/mol. The summed E-state index contributed by atoms with van der Waals surface area (Å²) < 4.78 is 32.4. The molecule has 0 bridgehead atoms. The van der Waals surface area contributed by atoms with Crippen molar-refractivity contribution in [2.24, 2.45) is 10.8 Å². The fraction of sp³-hybridized carbons (Fsp3) is 1.00. The quantitative estimate of drug-likeness (QED) is 0.709. The third kappa shape index (κ3) is 3.41. The Morgan fingerprint density at radius 1 is 1.00 bits per heavy atom. The Labute approximate surface area is 97.6 Å². The lowest BCUT2D eigenvalue weighted by atomic mass is 9.87. The standard InChI is InChI=1S/C13H24F2O/c1-10(2,3)7-12(8-13(12,14)15)16-9-11(4,5)6/h7-9H2,1-6H3/t12-/m1/s1. The van der Waals surface area contributed by atoms with E-state index in [0.717, 1.165) is 0 Å². The molecule has 1 rings (SSSR count). The second-order valence-electron chi connectivity index (χ2n) is 7.46. The van der Waals surface area contributed by atoms with Gasteiger partial charge in [-0.2, -0.15) is 0 Å². The van der Waals surface area contributed by atoms with Crippen molar-refractivity contribution < 1.29 is 13.5 Å². The molecule has 0 saturated heterocycles. The van der Waals surface area contributed by atoms with E-state index in [-0.39, 0.29) is 17.3 Å². The fourth-order valence-corrected chi connectivity index (χ4v) is 1.93. The molecular formula is C13H24F2O. The summed E-state index contributed by atoms with van der Waals surface area (Å²) in [7, 11) is 0. The first-order valence-electron chi connectivity index (χ1n) is 5.89. The molecule has 1 fully saturated rings. The van der Waals surface area contributed by atoms with Gasteiger partial charge in [0, 0.05) is 6.42 Å². The molecule has 1 aliphatic rings. The van der Waals surface area contributed by atoms with Crippen molar-refractivity contribution in [3.8, 4) is 0 Å². The normalized spacial score (nSPS) is 29.2. The fourth-order valence-electron chi connectivity index (χ4n) is 1.93. The van der Waals surface area contributed by atoms with Gasteiger partial charge < -0.3 is 4.74 Å². The van der Waals surface area contributed by atoms with Crippen LogP contribution in [0.3, 0.4) is 0 Å². The van der Waals surface area contributed by atoms with Gasteiger partial charge in [-0.25, -0.2) is 8.78 Å². The first-order valence-corrected chi connectivity index (χ1v) is 5.89. The number of alkyl halides is 2. The molecule has 0 amide bonds. The van der Waals surface area contributed by atoms with Gasteiger partial charge >= 0.3 is 0 Å². The van der Waals surface area contributed by atoms with E-state index in [2.05, 4.69) is 0 Å². The maximum atomic E-state index is 13.4. The minimum Gasteiger partial charge on any atom is -0.368 e. The largest absolute Gasteiger partial charge is 0.368 e. The highest BCUT2D eigenvalue weighted by Gasteiger charge is 2.73. The number of ether oxygens (including phenoxy) is 1. The van der Waals surface area contributed by atoms with Crippen LogP contribution in [0, 0.1) is 10.8 Å². The molecule has 1 nitrogen and oxygen atoms in total. The number of hydrogen-bond acceptors (Lipinski definition) is 1. The van der Waals surface area contributed by atoms with Gasteiger partial charge in [-0.1, -0.05) is 41.5 Å². The second-order valence-corrected chi connectivity index (χ2v) is 7.46. The molecule has 16 heavy (non-hydrogen) atoms. The molecule has 0 radical (unpaired) electrons. The maximum Gasteiger partial charge on any atom is 0.279 e. The molecular weight excluding hydrogens is 210 g/mol. The zero-order chi connectivity index (χ0) is 12.8. The highest BCUT2D eigenvalue weighted by atomic mass is 19.3. The number of hydrogen-bond donors (Lipinski definition) is 0. The van der Waals surface area contributed by atoms with Crippen LogP contribution in [0.2, 0.25) is 0 Å². The highest BCUT2D eigenvalue weighted by molar-refractivity contribution is 5.14. The van der Waals surface area contributed by atoms with E-state index in [4.69, 9.17) is 4.74 Å². The van der Waals surface area contributed by atoms with Crippen molar-refractivity contribution in [1.82, 2.24) is 0 Å². The minimum atomic E-state index is -2.63. The van der Waals surface area contributed by atoms with Crippen LogP contribution >= 0.6 is 0 Å². The van der Waals surface area contributed by atoms with Crippen molar-refractivity contribution in [2.75, 3.05) is 6.61 Å². The van der Waals surface area contributed by atoms with E-state index < -0.39 is 11.5 Å². The van der Waals surface area contributed by atoms with Gasteiger partial charge in [0.25, 0.3) is 5.92 Å². The summed E-state index contributed by atoms with van der Waals surface area (Å²) in [6, 6.07) is 0. The van der Waals surface area contributed by atoms with E-state index in [0.29, 0.717) is 13.0 Å². The van der Waals surface area contributed by atoms with E-state index >= 15 is 0 Å². The van der Waals surface area contributed by atoms with Crippen molar-refractivity contribution in [1.29, 1.82) is 0 Å². The van der Waals surface area contributed by atoms with Crippen molar-refractivity contribution in [2.45, 2.75) is 65.9 Å². The maximum absolute atomic E-state index is 13.4. The second kappa shape index (κ2) is 3.66.